The van der Waals surface area contributed by atoms with Crippen molar-refractivity contribution in [3.8, 4) is 0 Å². The van der Waals surface area contributed by atoms with Crippen molar-refractivity contribution in [2.24, 2.45) is 0 Å². The highest BCUT2D eigenvalue weighted by molar-refractivity contribution is 7.99. The van der Waals surface area contributed by atoms with Crippen LogP contribution in [-0.4, -0.2) is 51.4 Å². The monoisotopic (exact) mass is 504 g/mol. The highest BCUT2D eigenvalue weighted by atomic mass is 32.2. The Kier molecular flexibility index (Phi) is 6.96. The van der Waals surface area contributed by atoms with E-state index < -0.39 is 11.9 Å². The molecule has 33 heavy (non-hydrogen) atoms. The van der Waals surface area contributed by atoms with Gasteiger partial charge in [-0.05, 0) is 38.5 Å². The van der Waals surface area contributed by atoms with Gasteiger partial charge in [-0.25, -0.2) is 9.59 Å². The second-order valence-corrected chi connectivity index (χ2v) is 9.68. The molecule has 1 aromatic carbocycles. The topological polar surface area (TPSA) is 112 Å². The molecule has 3 heterocycles. The van der Waals surface area contributed by atoms with Gasteiger partial charge in [0.25, 0.3) is 0 Å². The Morgan fingerprint density at radius 3 is 2.55 bits per heavy atom. The van der Waals surface area contributed by atoms with Crippen molar-refractivity contribution in [2.45, 2.75) is 25.9 Å². The van der Waals surface area contributed by atoms with Gasteiger partial charge in [-0.2, -0.15) is 0 Å². The van der Waals surface area contributed by atoms with Gasteiger partial charge in [0.2, 0.25) is 10.9 Å². The number of nitrogens with zero attached hydrogens (tertiary/aromatic N) is 3. The van der Waals surface area contributed by atoms with Gasteiger partial charge >= 0.3 is 11.9 Å². The van der Waals surface area contributed by atoms with Crippen LogP contribution in [0, 0.1) is 6.92 Å². The van der Waals surface area contributed by atoms with Crippen LogP contribution in [0.5, 0.6) is 0 Å². The van der Waals surface area contributed by atoms with Gasteiger partial charge in [0.1, 0.15) is 9.88 Å². The first-order chi connectivity index (χ1) is 15.9. The van der Waals surface area contributed by atoms with E-state index in [-0.39, 0.29) is 40.3 Å². The van der Waals surface area contributed by atoms with Gasteiger partial charge in [0.05, 0.1) is 34.7 Å². The number of nitrogens with one attached hydrogen (secondary N) is 1. The largest absolute Gasteiger partial charge is 0.462 e. The van der Waals surface area contributed by atoms with Crippen LogP contribution in [0.25, 0.3) is 15.2 Å². The van der Waals surface area contributed by atoms with Crippen molar-refractivity contribution in [1.29, 1.82) is 0 Å². The number of aromatic nitrogens is 3. The first kappa shape index (κ1) is 23.2. The van der Waals surface area contributed by atoms with Gasteiger partial charge in [-0.1, -0.05) is 35.2 Å². The highest BCUT2D eigenvalue weighted by Crippen LogP contribution is 2.35. The summed E-state index contributed by atoms with van der Waals surface area (Å²) in [6.07, 6.45) is 0. The van der Waals surface area contributed by atoms with Gasteiger partial charge in [-0.3, -0.25) is 9.20 Å². The molecule has 0 aliphatic rings. The average Bonchev–Trinajstić information content (AvgIpc) is 3.44. The SMILES string of the molecule is CCOC(=O)c1sc(NC(=O)CSc2nnc3sc4ccccc4n23)c(C(=O)OCC)c1C. The van der Waals surface area contributed by atoms with Crippen LogP contribution in [0.15, 0.2) is 29.4 Å². The highest BCUT2D eigenvalue weighted by Gasteiger charge is 2.27. The summed E-state index contributed by atoms with van der Waals surface area (Å²) in [5.41, 5.74) is 1.56. The van der Waals surface area contributed by atoms with Crippen LogP contribution in [-0.2, 0) is 14.3 Å². The van der Waals surface area contributed by atoms with E-state index in [9.17, 15) is 14.4 Å². The number of carbonyl (C=O) groups is 3. The van der Waals surface area contributed by atoms with Crippen LogP contribution < -0.4 is 5.32 Å². The third-order valence-electron chi connectivity index (χ3n) is 4.58. The molecule has 1 amide bonds. The number of carbonyl (C=O) groups excluding carboxylic acids is 3. The van der Waals surface area contributed by atoms with E-state index in [4.69, 9.17) is 9.47 Å². The molecule has 12 heteroatoms. The normalized spacial score (nSPS) is 11.1. The van der Waals surface area contributed by atoms with E-state index in [0.717, 1.165) is 26.5 Å². The number of hydrogen-bond acceptors (Lipinski definition) is 10. The number of para-hydroxylation sites is 1. The van der Waals surface area contributed by atoms with E-state index >= 15 is 0 Å². The van der Waals surface area contributed by atoms with Crippen LogP contribution in [0.4, 0.5) is 5.00 Å². The van der Waals surface area contributed by atoms with Crippen molar-refractivity contribution < 1.29 is 23.9 Å². The van der Waals surface area contributed by atoms with Crippen LogP contribution in [0.1, 0.15) is 39.4 Å². The Morgan fingerprint density at radius 1 is 1.06 bits per heavy atom. The van der Waals surface area contributed by atoms with E-state index in [2.05, 4.69) is 15.5 Å². The number of thiazole rings is 1. The van der Waals surface area contributed by atoms with Gasteiger partial charge < -0.3 is 14.8 Å². The summed E-state index contributed by atoms with van der Waals surface area (Å²) >= 11 is 3.75. The average molecular weight is 505 g/mol. The summed E-state index contributed by atoms with van der Waals surface area (Å²) in [6.45, 7) is 5.39. The maximum Gasteiger partial charge on any atom is 0.348 e. The number of anilines is 1. The number of benzene rings is 1. The van der Waals surface area contributed by atoms with Crippen molar-refractivity contribution in [2.75, 3.05) is 24.3 Å². The molecule has 0 bridgehead atoms. The Hall–Kier alpha value is -2.96. The van der Waals surface area contributed by atoms with Gasteiger partial charge in [0.15, 0.2) is 5.16 Å². The molecule has 0 atom stereocenters. The molecular formula is C21H20N4O5S3. The minimum absolute atomic E-state index is 0.0406. The molecule has 0 saturated carbocycles. The second kappa shape index (κ2) is 9.89. The lowest BCUT2D eigenvalue weighted by molar-refractivity contribution is -0.113. The van der Waals surface area contributed by atoms with Crippen molar-refractivity contribution in [3.63, 3.8) is 0 Å². The number of fused-ring (bicyclic) bond motifs is 3. The lowest BCUT2D eigenvalue weighted by atomic mass is 10.1. The Labute approximate surface area is 201 Å². The van der Waals surface area contributed by atoms with E-state index in [0.29, 0.717) is 10.7 Å². The molecule has 0 radical (unpaired) electrons. The predicted molar refractivity (Wildman–Crippen MR) is 129 cm³/mol. The van der Waals surface area contributed by atoms with Crippen LogP contribution in [0.3, 0.4) is 0 Å². The molecule has 4 rings (SSSR count). The zero-order valence-electron chi connectivity index (χ0n) is 18.0. The summed E-state index contributed by atoms with van der Waals surface area (Å²) < 4.78 is 13.2. The minimum Gasteiger partial charge on any atom is -0.462 e. The summed E-state index contributed by atoms with van der Waals surface area (Å²) in [7, 11) is 0. The molecule has 0 saturated heterocycles. The Morgan fingerprint density at radius 2 is 1.79 bits per heavy atom. The summed E-state index contributed by atoms with van der Waals surface area (Å²) in [5.74, 6) is -1.46. The van der Waals surface area contributed by atoms with E-state index in [1.165, 1.54) is 23.1 Å². The second-order valence-electron chi connectivity index (χ2n) is 6.71. The molecule has 4 aromatic rings. The third-order valence-corrected chi connectivity index (χ3v) is 7.71. The quantitative estimate of drug-likeness (QED) is 0.278. The smallest absolute Gasteiger partial charge is 0.348 e. The summed E-state index contributed by atoms with van der Waals surface area (Å²) in [4.78, 5) is 38.5. The molecule has 0 spiro atoms. The molecule has 0 aliphatic carbocycles. The predicted octanol–water partition coefficient (Wildman–Crippen LogP) is 4.40. The van der Waals surface area contributed by atoms with Crippen LogP contribution >= 0.6 is 34.4 Å². The van der Waals surface area contributed by atoms with E-state index in [1.54, 1.807) is 20.8 Å². The van der Waals surface area contributed by atoms with Crippen molar-refractivity contribution in [1.82, 2.24) is 14.6 Å². The number of thiophene rings is 1. The maximum atomic E-state index is 12.7. The zero-order valence-corrected chi connectivity index (χ0v) is 20.5. The number of hydrogen-bond donors (Lipinski definition) is 1. The first-order valence-electron chi connectivity index (χ1n) is 10.1. The zero-order chi connectivity index (χ0) is 23.5. The lowest BCUT2D eigenvalue weighted by Crippen LogP contribution is -2.16. The fraction of sp³-hybridized carbons (Fsp3) is 0.286. The van der Waals surface area contributed by atoms with Gasteiger partial charge in [0, 0.05) is 0 Å². The standard InChI is InChI=1S/C21H20N4O5S3/c1-4-29-18(27)15-11(3)16(19(28)30-5-2)33-17(15)22-14(26)10-31-20-23-24-21-25(20)12-8-6-7-9-13(12)32-21/h6-9H,4-5,10H2,1-3H3,(H,22,26). The fourth-order valence-electron chi connectivity index (χ4n) is 3.18. The summed E-state index contributed by atoms with van der Waals surface area (Å²) in [5, 5.41) is 12.0. The van der Waals surface area contributed by atoms with Crippen molar-refractivity contribution in [3.05, 3.63) is 40.3 Å². The fourth-order valence-corrected chi connectivity index (χ4v) is 6.06. The third kappa shape index (κ3) is 4.59. The number of thioether (sulfide) groups is 1. The molecule has 0 aliphatic heterocycles. The molecule has 0 unspecified atom stereocenters. The first-order valence-corrected chi connectivity index (χ1v) is 12.7. The van der Waals surface area contributed by atoms with Crippen molar-refractivity contribution >= 4 is 72.5 Å². The van der Waals surface area contributed by atoms with Crippen LogP contribution in [0.2, 0.25) is 0 Å². The Balaban J connectivity index is 1.54. The molecule has 9 nitrogen and oxygen atoms in total. The maximum absolute atomic E-state index is 12.7. The molecule has 0 fully saturated rings. The molecule has 3 aromatic heterocycles. The molecular weight excluding hydrogens is 484 g/mol. The molecule has 1 N–H and O–H groups in total. The van der Waals surface area contributed by atoms with E-state index in [1.807, 2.05) is 28.7 Å². The number of rotatable bonds is 8. The van der Waals surface area contributed by atoms with Gasteiger partial charge in [-0.15, -0.1) is 21.5 Å². The summed E-state index contributed by atoms with van der Waals surface area (Å²) in [6, 6.07) is 7.88. The number of amides is 1. The minimum atomic E-state index is -0.603. The lowest BCUT2D eigenvalue weighted by Gasteiger charge is -2.07. The molecule has 172 valence electrons. The number of ether oxygens (including phenoxy) is 2. The Bertz CT molecular complexity index is 1360. The number of esters is 2.